The number of carboxylic acids is 4. The second-order valence-electron chi connectivity index (χ2n) is 2.02. The van der Waals surface area contributed by atoms with Gasteiger partial charge in [-0.2, -0.15) is 0 Å². The molecule has 0 bridgehead atoms. The summed E-state index contributed by atoms with van der Waals surface area (Å²) in [4.78, 5) is 38.2. The Balaban J connectivity index is -0.000000218. The Morgan fingerprint density at radius 2 is 0.647 bits per heavy atom. The van der Waals surface area contributed by atoms with E-state index in [1.807, 2.05) is 0 Å². The monoisotopic (exact) mass is 346 g/mol. The summed E-state index contributed by atoms with van der Waals surface area (Å²) >= 11 is 0. The van der Waals surface area contributed by atoms with Crippen molar-refractivity contribution in [3.63, 3.8) is 0 Å². The normalized spacial score (nSPS) is 8.94. The smallest absolute Gasteiger partial charge is 0.328 e. The first-order chi connectivity index (χ1) is 7.25. The van der Waals surface area contributed by atoms with Crippen LogP contribution in [0.4, 0.5) is 0 Å². The van der Waals surface area contributed by atoms with Crippen LogP contribution in [0.15, 0.2) is 24.3 Å². The van der Waals surface area contributed by atoms with Crippen LogP contribution in [0.3, 0.4) is 0 Å². The maximum absolute atomic E-state index is 9.55. The zero-order chi connectivity index (χ0) is 13.1. The zero-order valence-corrected chi connectivity index (χ0v) is 12.5. The summed E-state index contributed by atoms with van der Waals surface area (Å²) in [5.41, 5.74) is 0. The molecule has 0 aliphatic heterocycles. The zero-order valence-electron chi connectivity index (χ0n) is 8.44. The molecular weight excluding hydrogens is 336 g/mol. The molecule has 0 aliphatic carbocycles. The number of rotatable bonds is 4. The van der Waals surface area contributed by atoms with Crippen molar-refractivity contribution in [1.29, 1.82) is 0 Å². The first-order valence-corrected chi connectivity index (χ1v) is 3.53. The van der Waals surface area contributed by atoms with Crippen molar-refractivity contribution in [2.24, 2.45) is 0 Å². The minimum absolute atomic E-state index is 0. The number of carboxylic acid groups (broad SMARTS) is 4. The Bertz CT molecular complexity index is 277. The Morgan fingerprint density at radius 1 is 0.529 bits per heavy atom. The molecule has 0 fully saturated rings. The molecule has 90 valence electrons. The van der Waals surface area contributed by atoms with Gasteiger partial charge in [0.2, 0.25) is 0 Å². The molecule has 0 amide bonds. The van der Waals surface area contributed by atoms with Gasteiger partial charge in [-0.1, -0.05) is 0 Å². The van der Waals surface area contributed by atoms with Crippen LogP contribution < -0.4 is 0 Å². The number of hydrogen-bond acceptors (Lipinski definition) is 4. The van der Waals surface area contributed by atoms with Crippen LogP contribution in [-0.4, -0.2) is 44.3 Å². The minimum atomic E-state index is -1.26. The van der Waals surface area contributed by atoms with E-state index in [4.69, 9.17) is 20.4 Å². The van der Waals surface area contributed by atoms with Gasteiger partial charge in [-0.3, -0.25) is 0 Å². The summed E-state index contributed by atoms with van der Waals surface area (Å²) < 4.78 is 0. The summed E-state index contributed by atoms with van der Waals surface area (Å²) in [6, 6.07) is 0. The van der Waals surface area contributed by atoms with Gasteiger partial charge in [0.15, 0.2) is 0 Å². The average molecular weight is 345 g/mol. The van der Waals surface area contributed by atoms with Crippen molar-refractivity contribution in [1.82, 2.24) is 0 Å². The van der Waals surface area contributed by atoms with Gasteiger partial charge in [-0.05, 0) is 0 Å². The quantitative estimate of drug-likeness (QED) is 0.391. The van der Waals surface area contributed by atoms with Crippen molar-refractivity contribution in [3.05, 3.63) is 24.3 Å². The summed E-state index contributed by atoms with van der Waals surface area (Å²) in [6.45, 7) is 0. The second kappa shape index (κ2) is 12.4. The van der Waals surface area contributed by atoms with Gasteiger partial charge in [0.25, 0.3) is 0 Å². The Morgan fingerprint density at radius 3 is 0.706 bits per heavy atom. The van der Waals surface area contributed by atoms with Crippen LogP contribution in [0.2, 0.25) is 0 Å². The molecule has 8 nitrogen and oxygen atoms in total. The van der Waals surface area contributed by atoms with Crippen molar-refractivity contribution in [2.75, 3.05) is 0 Å². The Labute approximate surface area is 115 Å². The number of hydrogen-bond donors (Lipinski definition) is 4. The molecule has 0 aromatic carbocycles. The maximum atomic E-state index is 9.55. The van der Waals surface area contributed by atoms with E-state index in [1.165, 1.54) is 0 Å². The molecule has 9 heteroatoms. The fraction of sp³-hybridized carbons (Fsp3) is 0. The van der Waals surface area contributed by atoms with Crippen molar-refractivity contribution < 1.29 is 66.9 Å². The van der Waals surface area contributed by atoms with Gasteiger partial charge in [0.1, 0.15) is 0 Å². The summed E-state index contributed by atoms with van der Waals surface area (Å²) in [6.07, 6.45) is 2.23. The third-order valence-electron chi connectivity index (χ3n) is 0.737. The summed E-state index contributed by atoms with van der Waals surface area (Å²) in [5, 5.41) is 31.2. The molecule has 0 unspecified atom stereocenters. The fourth-order valence-electron chi connectivity index (χ4n) is 0.285. The van der Waals surface area contributed by atoms with E-state index in [9.17, 15) is 19.2 Å². The topological polar surface area (TPSA) is 149 Å². The largest absolute Gasteiger partial charge is 0.478 e. The molecule has 0 spiro atoms. The predicted octanol–water partition coefficient (Wildman–Crippen LogP) is -0.579. The Kier molecular flexibility index (Phi) is 15.0. The Hall–Kier alpha value is -1.72. The van der Waals surface area contributed by atoms with Crippen LogP contribution in [-0.2, 0) is 46.5 Å². The first kappa shape index (κ1) is 20.7. The molecule has 0 saturated heterocycles. The van der Waals surface area contributed by atoms with Crippen LogP contribution in [0, 0.1) is 0 Å². The van der Waals surface area contributed by atoms with Crippen molar-refractivity contribution in [3.8, 4) is 0 Å². The third-order valence-corrected chi connectivity index (χ3v) is 0.737. The molecule has 0 atom stereocenters. The number of carbonyl (C=O) groups is 4. The molecule has 17 heavy (non-hydrogen) atoms. The van der Waals surface area contributed by atoms with E-state index in [1.54, 1.807) is 0 Å². The number of aliphatic carboxylic acids is 4. The summed E-state index contributed by atoms with van der Waals surface area (Å²) in [7, 11) is 0. The van der Waals surface area contributed by atoms with E-state index in [2.05, 4.69) is 0 Å². The van der Waals surface area contributed by atoms with E-state index in [0.717, 1.165) is 0 Å². The van der Waals surface area contributed by atoms with Crippen molar-refractivity contribution >= 4 is 23.9 Å². The van der Waals surface area contributed by atoms with Gasteiger partial charge in [-0.25, -0.2) is 19.2 Å². The van der Waals surface area contributed by atoms with E-state index < -0.39 is 23.9 Å². The summed E-state index contributed by atoms with van der Waals surface area (Å²) in [5.74, 6) is -5.03. The van der Waals surface area contributed by atoms with Crippen LogP contribution >= 0.6 is 0 Å². The van der Waals surface area contributed by atoms with E-state index >= 15 is 0 Å². The predicted molar refractivity (Wildman–Crippen MR) is 48.8 cm³/mol. The van der Waals surface area contributed by atoms with E-state index in [-0.39, 0.29) is 27.3 Å². The fourth-order valence-corrected chi connectivity index (χ4v) is 0.285. The third kappa shape index (κ3) is 31.4. The van der Waals surface area contributed by atoms with Gasteiger partial charge in [0, 0.05) is 51.6 Å². The van der Waals surface area contributed by atoms with Crippen molar-refractivity contribution in [2.45, 2.75) is 0 Å². The molecule has 0 radical (unpaired) electrons. The van der Waals surface area contributed by atoms with Gasteiger partial charge < -0.3 is 20.4 Å². The maximum Gasteiger partial charge on any atom is 0.328 e. The average Bonchev–Trinajstić information content (AvgIpc) is 2.12. The van der Waals surface area contributed by atoms with Crippen LogP contribution in [0.25, 0.3) is 0 Å². The van der Waals surface area contributed by atoms with E-state index in [0.29, 0.717) is 24.3 Å². The molecule has 4 N–H and O–H groups in total. The standard InChI is InChI=1S/2C4H4O4.Cd/c2*5-3(6)1-2-4(7)8;/h2*1-2H,(H,5,6)(H,7,8);/b2*2-1-;. The van der Waals surface area contributed by atoms with Gasteiger partial charge in [0.05, 0.1) is 0 Å². The molecule has 0 heterocycles. The molecule has 0 aliphatic rings. The van der Waals surface area contributed by atoms with Gasteiger partial charge in [-0.15, -0.1) is 0 Å². The molecule has 0 aromatic rings. The van der Waals surface area contributed by atoms with Gasteiger partial charge >= 0.3 is 23.9 Å². The first-order valence-electron chi connectivity index (χ1n) is 3.53. The molecule has 0 aromatic heterocycles. The molecule has 0 rings (SSSR count). The molecular formula is C8H8CdO8. The SMILES string of the molecule is O=C(O)/C=C\C(=O)O.O=C(O)/C=C\C(=O)O.[Cd]. The van der Waals surface area contributed by atoms with Crippen LogP contribution in [0.5, 0.6) is 0 Å². The second-order valence-corrected chi connectivity index (χ2v) is 2.02. The molecule has 0 saturated carbocycles. The minimum Gasteiger partial charge on any atom is -0.478 e. The van der Waals surface area contributed by atoms with Crippen LogP contribution in [0.1, 0.15) is 0 Å².